The van der Waals surface area contributed by atoms with E-state index in [1.165, 1.54) is 0 Å². The number of nitrogens with zero attached hydrogens (tertiary/aromatic N) is 2. The van der Waals surface area contributed by atoms with Gasteiger partial charge in [0.15, 0.2) is 0 Å². The summed E-state index contributed by atoms with van der Waals surface area (Å²) in [5, 5.41) is 3.00. The van der Waals surface area contributed by atoms with Crippen LogP contribution in [0.25, 0.3) is 0 Å². The zero-order chi connectivity index (χ0) is 21.5. The minimum absolute atomic E-state index is 0.0104. The van der Waals surface area contributed by atoms with E-state index in [0.29, 0.717) is 39.0 Å². The lowest BCUT2D eigenvalue weighted by molar-refractivity contribution is -0.134. The minimum atomic E-state index is -0.133. The third-order valence-corrected chi connectivity index (χ3v) is 6.27. The molecule has 0 bridgehead atoms. The summed E-state index contributed by atoms with van der Waals surface area (Å²) >= 11 is 0. The molecule has 1 aliphatic heterocycles. The summed E-state index contributed by atoms with van der Waals surface area (Å²) in [4.78, 5) is 41.4. The molecule has 1 heterocycles. The first-order valence-corrected chi connectivity index (χ1v) is 10.9. The molecule has 7 nitrogen and oxygen atoms in total. The van der Waals surface area contributed by atoms with Crippen molar-refractivity contribution in [1.29, 1.82) is 0 Å². The number of aryl methyl sites for hydroxylation is 1. The summed E-state index contributed by atoms with van der Waals surface area (Å²) in [6.45, 7) is 3.72. The monoisotopic (exact) mass is 415 g/mol. The number of carbonyl (C=O) groups is 3. The number of hydrogen-bond donors (Lipinski definition) is 1. The van der Waals surface area contributed by atoms with Crippen molar-refractivity contribution in [3.63, 3.8) is 0 Å². The second-order valence-corrected chi connectivity index (χ2v) is 8.19. The molecule has 0 aromatic heterocycles. The second kappa shape index (κ2) is 10.5. The van der Waals surface area contributed by atoms with E-state index in [-0.39, 0.29) is 29.7 Å². The Morgan fingerprint density at radius 2 is 1.87 bits per heavy atom. The molecule has 1 aromatic carbocycles. The van der Waals surface area contributed by atoms with Crippen molar-refractivity contribution in [1.82, 2.24) is 15.1 Å². The Bertz CT molecular complexity index is 749. The molecule has 1 saturated heterocycles. The molecule has 2 aliphatic rings. The van der Waals surface area contributed by atoms with Crippen molar-refractivity contribution < 1.29 is 19.1 Å². The summed E-state index contributed by atoms with van der Waals surface area (Å²) in [5.74, 6) is 0.764. The molecule has 0 spiro atoms. The third-order valence-electron chi connectivity index (χ3n) is 6.27. The molecule has 1 saturated carbocycles. The predicted molar refractivity (Wildman–Crippen MR) is 114 cm³/mol. The lowest BCUT2D eigenvalue weighted by atomic mass is 10.0. The molecule has 2 fully saturated rings. The van der Waals surface area contributed by atoms with Gasteiger partial charge in [-0.1, -0.05) is 18.6 Å². The zero-order valence-electron chi connectivity index (χ0n) is 18.1. The quantitative estimate of drug-likeness (QED) is 0.816. The average molecular weight is 416 g/mol. The first-order valence-electron chi connectivity index (χ1n) is 10.9. The Morgan fingerprint density at radius 3 is 2.57 bits per heavy atom. The van der Waals surface area contributed by atoms with Crippen molar-refractivity contribution in [3.05, 3.63) is 29.8 Å². The van der Waals surface area contributed by atoms with E-state index in [1.807, 2.05) is 34.1 Å². The van der Waals surface area contributed by atoms with Crippen LogP contribution in [-0.2, 0) is 20.8 Å². The standard InChI is InChI=1S/C23H33N3O4/c1-17(27)26-15-4-14-25(16-13-24-23(29)20-5-3-6-21(20)26)22(28)12-9-18-7-10-19(30-2)11-8-18/h7-8,10-11,20-21H,3-6,9,12-16H2,1-2H3,(H,24,29). The van der Waals surface area contributed by atoms with E-state index in [4.69, 9.17) is 4.74 Å². The normalized spacial score (nSPS) is 22.7. The van der Waals surface area contributed by atoms with Crippen LogP contribution in [0.1, 0.15) is 44.6 Å². The fraction of sp³-hybridized carbons (Fsp3) is 0.609. The van der Waals surface area contributed by atoms with Crippen LogP contribution in [0.15, 0.2) is 24.3 Å². The maximum absolute atomic E-state index is 12.8. The van der Waals surface area contributed by atoms with Gasteiger partial charge in [0.2, 0.25) is 17.7 Å². The molecule has 0 radical (unpaired) electrons. The number of fused-ring (bicyclic) bond motifs is 1. The van der Waals surface area contributed by atoms with Crippen LogP contribution in [0.5, 0.6) is 5.75 Å². The van der Waals surface area contributed by atoms with Gasteiger partial charge in [0.05, 0.1) is 13.0 Å². The Labute approximate surface area is 178 Å². The van der Waals surface area contributed by atoms with Gasteiger partial charge in [-0.3, -0.25) is 14.4 Å². The summed E-state index contributed by atoms with van der Waals surface area (Å²) in [7, 11) is 1.63. The van der Waals surface area contributed by atoms with Gasteiger partial charge in [-0.2, -0.15) is 0 Å². The Hall–Kier alpha value is -2.57. The number of methoxy groups -OCH3 is 1. The second-order valence-electron chi connectivity index (χ2n) is 8.19. The predicted octanol–water partition coefficient (Wildman–Crippen LogP) is 1.99. The molecule has 30 heavy (non-hydrogen) atoms. The van der Waals surface area contributed by atoms with Crippen molar-refractivity contribution in [2.24, 2.45) is 5.92 Å². The molecule has 1 aliphatic carbocycles. The fourth-order valence-electron chi connectivity index (χ4n) is 4.62. The van der Waals surface area contributed by atoms with Crippen molar-refractivity contribution in [2.45, 2.75) is 51.5 Å². The third kappa shape index (κ3) is 5.52. The molecule has 2 unspecified atom stereocenters. The zero-order valence-corrected chi connectivity index (χ0v) is 18.1. The average Bonchev–Trinajstić information content (AvgIpc) is 3.22. The van der Waals surface area contributed by atoms with Crippen LogP contribution >= 0.6 is 0 Å². The van der Waals surface area contributed by atoms with Crippen molar-refractivity contribution in [2.75, 3.05) is 33.3 Å². The van der Waals surface area contributed by atoms with Crippen LogP contribution in [0.4, 0.5) is 0 Å². The largest absolute Gasteiger partial charge is 0.497 e. The number of benzene rings is 1. The van der Waals surface area contributed by atoms with Crippen LogP contribution < -0.4 is 10.1 Å². The highest BCUT2D eigenvalue weighted by atomic mass is 16.5. The molecule has 7 heteroatoms. The number of ether oxygens (including phenoxy) is 1. The Morgan fingerprint density at radius 1 is 1.10 bits per heavy atom. The first kappa shape index (κ1) is 22.1. The number of rotatable bonds is 4. The maximum atomic E-state index is 12.8. The van der Waals surface area contributed by atoms with E-state index in [1.54, 1.807) is 14.0 Å². The molecule has 1 N–H and O–H groups in total. The van der Waals surface area contributed by atoms with E-state index in [0.717, 1.165) is 37.0 Å². The van der Waals surface area contributed by atoms with Crippen LogP contribution in [0.3, 0.4) is 0 Å². The lowest BCUT2D eigenvalue weighted by Gasteiger charge is -2.31. The first-order chi connectivity index (χ1) is 14.5. The number of nitrogens with one attached hydrogen (secondary N) is 1. The summed E-state index contributed by atoms with van der Waals surface area (Å²) in [6.07, 6.45) is 4.48. The van der Waals surface area contributed by atoms with Crippen LogP contribution in [-0.4, -0.2) is 66.9 Å². The fourth-order valence-corrected chi connectivity index (χ4v) is 4.62. The highest BCUT2D eigenvalue weighted by Gasteiger charge is 2.38. The topological polar surface area (TPSA) is 79.0 Å². The van der Waals surface area contributed by atoms with Crippen molar-refractivity contribution >= 4 is 17.7 Å². The number of amides is 3. The number of hydrogen-bond acceptors (Lipinski definition) is 4. The Kier molecular flexibility index (Phi) is 7.71. The number of carbonyl (C=O) groups excluding carboxylic acids is 3. The van der Waals surface area contributed by atoms with Gasteiger partial charge in [-0.25, -0.2) is 0 Å². The van der Waals surface area contributed by atoms with Gasteiger partial charge >= 0.3 is 0 Å². The van der Waals surface area contributed by atoms with Crippen LogP contribution in [0, 0.1) is 5.92 Å². The Balaban J connectivity index is 1.61. The van der Waals surface area contributed by atoms with Gasteiger partial charge in [0, 0.05) is 45.6 Å². The molecule has 1 aromatic rings. The van der Waals surface area contributed by atoms with Gasteiger partial charge in [0.25, 0.3) is 0 Å². The van der Waals surface area contributed by atoms with Gasteiger partial charge in [0.1, 0.15) is 5.75 Å². The molecule has 3 rings (SSSR count). The van der Waals surface area contributed by atoms with Crippen LogP contribution in [0.2, 0.25) is 0 Å². The van der Waals surface area contributed by atoms with E-state index < -0.39 is 0 Å². The minimum Gasteiger partial charge on any atom is -0.497 e. The SMILES string of the molecule is COc1ccc(CCC(=O)N2CCCN(C(C)=O)C3CCCC3C(=O)NCC2)cc1. The van der Waals surface area contributed by atoms with Gasteiger partial charge in [-0.15, -0.1) is 0 Å². The molecule has 3 amide bonds. The van der Waals surface area contributed by atoms with E-state index >= 15 is 0 Å². The molecular weight excluding hydrogens is 382 g/mol. The van der Waals surface area contributed by atoms with Crippen molar-refractivity contribution in [3.8, 4) is 5.75 Å². The molecule has 164 valence electrons. The molecular formula is C23H33N3O4. The highest BCUT2D eigenvalue weighted by molar-refractivity contribution is 5.81. The maximum Gasteiger partial charge on any atom is 0.225 e. The highest BCUT2D eigenvalue weighted by Crippen LogP contribution is 2.30. The summed E-state index contributed by atoms with van der Waals surface area (Å²) < 4.78 is 5.17. The van der Waals surface area contributed by atoms with E-state index in [2.05, 4.69) is 5.32 Å². The lowest BCUT2D eigenvalue weighted by Crippen LogP contribution is -2.46. The van der Waals surface area contributed by atoms with Gasteiger partial charge in [-0.05, 0) is 43.4 Å². The van der Waals surface area contributed by atoms with E-state index in [9.17, 15) is 14.4 Å². The van der Waals surface area contributed by atoms with Gasteiger partial charge < -0.3 is 19.9 Å². The molecule has 2 atom stereocenters. The summed E-state index contributed by atoms with van der Waals surface area (Å²) in [5.41, 5.74) is 1.09. The summed E-state index contributed by atoms with van der Waals surface area (Å²) in [6, 6.07) is 7.73. The smallest absolute Gasteiger partial charge is 0.225 e.